The molecule has 1 aromatic carbocycles. The third-order valence-electron chi connectivity index (χ3n) is 4.46. The maximum Gasteiger partial charge on any atom is 0.191 e. The summed E-state index contributed by atoms with van der Waals surface area (Å²) in [5.41, 5.74) is 1.08. The molecular weight excluding hydrogens is 380 g/mol. The Morgan fingerprint density at radius 3 is 2.72 bits per heavy atom. The average Bonchev–Trinajstić information content (AvgIpc) is 2.62. The van der Waals surface area contributed by atoms with Gasteiger partial charge in [-0.05, 0) is 50.9 Å². The van der Waals surface area contributed by atoms with E-state index in [0.29, 0.717) is 12.6 Å². The van der Waals surface area contributed by atoms with Crippen LogP contribution in [0.4, 0.5) is 0 Å². The monoisotopic (exact) mass is 410 g/mol. The normalized spacial score (nSPS) is 16.7. The number of hydrogen-bond acceptors (Lipinski definition) is 3. The van der Waals surface area contributed by atoms with E-state index in [1.165, 1.54) is 38.9 Å². The summed E-state index contributed by atoms with van der Waals surface area (Å²) in [4.78, 5) is 7.31. The Kier molecular flexibility index (Phi) is 8.55. The standard InChI is InChI=1S/C19H31BrN4O/c1-4-10-24-11-8-17(9-12-24)23-19(21-5-2)22-14-15-13-16(20)6-7-18(15)25-3/h6-7,13,17H,4-5,8-12,14H2,1-3H3,(H2,21,22,23). The number of nitrogens with one attached hydrogen (secondary N) is 2. The minimum Gasteiger partial charge on any atom is -0.496 e. The Balaban J connectivity index is 1.96. The molecule has 1 saturated heterocycles. The Morgan fingerprint density at radius 2 is 2.08 bits per heavy atom. The summed E-state index contributed by atoms with van der Waals surface area (Å²) < 4.78 is 6.48. The molecule has 0 saturated carbocycles. The van der Waals surface area contributed by atoms with E-state index in [2.05, 4.69) is 51.4 Å². The largest absolute Gasteiger partial charge is 0.496 e. The first-order valence-electron chi connectivity index (χ1n) is 9.25. The van der Waals surface area contributed by atoms with Crippen molar-refractivity contribution in [1.29, 1.82) is 0 Å². The maximum absolute atomic E-state index is 5.44. The molecule has 0 spiro atoms. The number of piperidine rings is 1. The number of benzene rings is 1. The highest BCUT2D eigenvalue weighted by Gasteiger charge is 2.19. The van der Waals surface area contributed by atoms with E-state index in [4.69, 9.17) is 9.73 Å². The minimum atomic E-state index is 0.496. The van der Waals surface area contributed by atoms with Gasteiger partial charge >= 0.3 is 0 Å². The van der Waals surface area contributed by atoms with E-state index in [1.807, 2.05) is 12.1 Å². The fourth-order valence-corrected chi connectivity index (χ4v) is 3.57. The van der Waals surface area contributed by atoms with Gasteiger partial charge in [0.15, 0.2) is 5.96 Å². The molecule has 1 heterocycles. The van der Waals surface area contributed by atoms with Crippen molar-refractivity contribution in [1.82, 2.24) is 15.5 Å². The number of aliphatic imine (C=N–C) groups is 1. The van der Waals surface area contributed by atoms with Gasteiger partial charge in [0.2, 0.25) is 0 Å². The Labute approximate surface area is 160 Å². The second-order valence-corrected chi connectivity index (χ2v) is 7.33. The summed E-state index contributed by atoms with van der Waals surface area (Å²) >= 11 is 3.52. The van der Waals surface area contributed by atoms with Crippen molar-refractivity contribution >= 4 is 21.9 Å². The molecule has 2 N–H and O–H groups in total. The van der Waals surface area contributed by atoms with E-state index in [9.17, 15) is 0 Å². The summed E-state index contributed by atoms with van der Waals surface area (Å²) in [6, 6.07) is 6.52. The highest BCUT2D eigenvalue weighted by Crippen LogP contribution is 2.23. The van der Waals surface area contributed by atoms with Crippen LogP contribution in [-0.4, -0.2) is 50.2 Å². The number of ether oxygens (including phenoxy) is 1. The third-order valence-corrected chi connectivity index (χ3v) is 4.96. The van der Waals surface area contributed by atoms with Crippen molar-refractivity contribution in [2.75, 3.05) is 33.3 Å². The molecule has 5 nitrogen and oxygen atoms in total. The fraction of sp³-hybridized carbons (Fsp3) is 0.632. The van der Waals surface area contributed by atoms with Gasteiger partial charge in [0.05, 0.1) is 13.7 Å². The number of nitrogens with zero attached hydrogens (tertiary/aromatic N) is 2. The number of rotatable bonds is 7. The van der Waals surface area contributed by atoms with Crippen molar-refractivity contribution in [3.63, 3.8) is 0 Å². The summed E-state index contributed by atoms with van der Waals surface area (Å²) in [6.07, 6.45) is 3.58. The van der Waals surface area contributed by atoms with Crippen LogP contribution in [0.1, 0.15) is 38.7 Å². The maximum atomic E-state index is 5.44. The molecule has 0 radical (unpaired) electrons. The first kappa shape index (κ1) is 20.0. The first-order chi connectivity index (χ1) is 12.2. The topological polar surface area (TPSA) is 48.9 Å². The van der Waals surface area contributed by atoms with Crippen molar-refractivity contribution in [3.05, 3.63) is 28.2 Å². The summed E-state index contributed by atoms with van der Waals surface area (Å²) in [5, 5.41) is 6.96. The van der Waals surface area contributed by atoms with E-state index < -0.39 is 0 Å². The van der Waals surface area contributed by atoms with Gasteiger partial charge in [0.25, 0.3) is 0 Å². The van der Waals surface area contributed by atoms with Crippen molar-refractivity contribution in [2.24, 2.45) is 4.99 Å². The van der Waals surface area contributed by atoms with Crippen LogP contribution in [-0.2, 0) is 6.54 Å². The average molecular weight is 411 g/mol. The third kappa shape index (κ3) is 6.51. The van der Waals surface area contributed by atoms with Gasteiger partial charge in [-0.25, -0.2) is 4.99 Å². The minimum absolute atomic E-state index is 0.496. The lowest BCUT2D eigenvalue weighted by Gasteiger charge is -2.32. The zero-order valence-electron chi connectivity index (χ0n) is 15.6. The van der Waals surface area contributed by atoms with Gasteiger partial charge in [0.1, 0.15) is 5.75 Å². The highest BCUT2D eigenvalue weighted by atomic mass is 79.9. The van der Waals surface area contributed by atoms with Gasteiger partial charge in [0, 0.05) is 35.7 Å². The Bertz CT molecular complexity index is 556. The van der Waals surface area contributed by atoms with Crippen LogP contribution in [0.5, 0.6) is 5.75 Å². The lowest BCUT2D eigenvalue weighted by molar-refractivity contribution is 0.206. The van der Waals surface area contributed by atoms with Crippen molar-refractivity contribution in [3.8, 4) is 5.75 Å². The Hall–Kier alpha value is -1.27. The predicted molar refractivity (Wildman–Crippen MR) is 108 cm³/mol. The van der Waals surface area contributed by atoms with E-state index >= 15 is 0 Å². The molecule has 0 amide bonds. The van der Waals surface area contributed by atoms with Crippen LogP contribution in [0.3, 0.4) is 0 Å². The second-order valence-electron chi connectivity index (χ2n) is 6.41. The molecule has 25 heavy (non-hydrogen) atoms. The van der Waals surface area contributed by atoms with E-state index in [0.717, 1.165) is 28.3 Å². The van der Waals surface area contributed by atoms with E-state index in [1.54, 1.807) is 7.11 Å². The van der Waals surface area contributed by atoms with Gasteiger partial charge in [-0.15, -0.1) is 0 Å². The highest BCUT2D eigenvalue weighted by molar-refractivity contribution is 9.10. The quantitative estimate of drug-likeness (QED) is 0.534. The smallest absolute Gasteiger partial charge is 0.191 e. The van der Waals surface area contributed by atoms with Crippen molar-refractivity contribution < 1.29 is 4.74 Å². The number of guanidine groups is 1. The number of likely N-dealkylation sites (tertiary alicyclic amines) is 1. The van der Waals surface area contributed by atoms with Crippen LogP contribution in [0.15, 0.2) is 27.7 Å². The molecule has 6 heteroatoms. The molecule has 2 rings (SSSR count). The predicted octanol–water partition coefficient (Wildman–Crippen LogP) is 3.39. The van der Waals surface area contributed by atoms with Crippen LogP contribution >= 0.6 is 15.9 Å². The molecule has 140 valence electrons. The van der Waals surface area contributed by atoms with Crippen LogP contribution in [0.25, 0.3) is 0 Å². The van der Waals surface area contributed by atoms with Gasteiger partial charge in [-0.1, -0.05) is 22.9 Å². The molecule has 0 aliphatic carbocycles. The number of halogens is 1. The SMILES string of the molecule is CCCN1CCC(NC(=NCc2cc(Br)ccc2OC)NCC)CC1. The lowest BCUT2D eigenvalue weighted by Crippen LogP contribution is -2.48. The van der Waals surface area contributed by atoms with Gasteiger partial charge < -0.3 is 20.3 Å². The molecule has 0 bridgehead atoms. The van der Waals surface area contributed by atoms with Crippen LogP contribution in [0, 0.1) is 0 Å². The summed E-state index contributed by atoms with van der Waals surface area (Å²) in [5.74, 6) is 1.76. The van der Waals surface area contributed by atoms with Crippen molar-refractivity contribution in [2.45, 2.75) is 45.7 Å². The molecule has 1 fully saturated rings. The van der Waals surface area contributed by atoms with E-state index in [-0.39, 0.29) is 0 Å². The summed E-state index contributed by atoms with van der Waals surface area (Å²) in [7, 11) is 1.70. The Morgan fingerprint density at radius 1 is 1.32 bits per heavy atom. The van der Waals surface area contributed by atoms with Gasteiger partial charge in [-0.3, -0.25) is 0 Å². The number of methoxy groups -OCH3 is 1. The molecule has 1 aliphatic rings. The molecule has 1 aromatic rings. The summed E-state index contributed by atoms with van der Waals surface area (Å²) in [6.45, 7) is 9.35. The zero-order chi connectivity index (χ0) is 18.1. The van der Waals surface area contributed by atoms with Crippen LogP contribution in [0.2, 0.25) is 0 Å². The molecule has 0 atom stereocenters. The molecule has 0 aromatic heterocycles. The zero-order valence-corrected chi connectivity index (χ0v) is 17.2. The molecule has 0 unspecified atom stereocenters. The van der Waals surface area contributed by atoms with Gasteiger partial charge in [-0.2, -0.15) is 0 Å². The number of hydrogen-bond donors (Lipinski definition) is 2. The molecular formula is C19H31BrN4O. The first-order valence-corrected chi connectivity index (χ1v) is 10.0. The lowest BCUT2D eigenvalue weighted by atomic mass is 10.1. The van der Waals surface area contributed by atoms with Crippen LogP contribution < -0.4 is 15.4 Å². The molecule has 1 aliphatic heterocycles. The fourth-order valence-electron chi connectivity index (χ4n) is 3.17. The second kappa shape index (κ2) is 10.7.